The number of aryl methyl sites for hydroxylation is 1. The first kappa shape index (κ1) is 15.9. The standard InChI is InChI=1S/C20H18N4O3/c1-13-6-7-17-21-14(11-23(17)10-13)12-24-18(25)20(22-19(24)26)8-9-27-16-5-3-2-4-15(16)20/h2-7,10-11H,8-9,12H2,1H3,(H,22,26)/t20-/m0/s1. The summed E-state index contributed by atoms with van der Waals surface area (Å²) in [5, 5.41) is 2.91. The van der Waals surface area contributed by atoms with Crippen LogP contribution in [0.25, 0.3) is 5.65 Å². The number of aromatic nitrogens is 2. The van der Waals surface area contributed by atoms with Crippen molar-refractivity contribution in [3.8, 4) is 5.75 Å². The molecule has 1 fully saturated rings. The summed E-state index contributed by atoms with van der Waals surface area (Å²) in [5.74, 6) is 0.388. The Balaban J connectivity index is 1.50. The van der Waals surface area contributed by atoms with Gasteiger partial charge in [0.2, 0.25) is 0 Å². The third kappa shape index (κ3) is 2.31. The lowest BCUT2D eigenvalue weighted by molar-refractivity contribution is -0.133. The minimum atomic E-state index is -1.05. The molecule has 3 aromatic rings. The Hall–Kier alpha value is -3.35. The fraction of sp³-hybridized carbons (Fsp3) is 0.250. The smallest absolute Gasteiger partial charge is 0.325 e. The predicted octanol–water partition coefficient (Wildman–Crippen LogP) is 2.37. The maximum atomic E-state index is 13.3. The molecule has 5 rings (SSSR count). The maximum absolute atomic E-state index is 13.3. The number of rotatable bonds is 2. The SMILES string of the molecule is Cc1ccc2nc(CN3C(=O)N[C@]4(CCOc5ccccc54)C3=O)cn2c1. The number of hydrogen-bond donors (Lipinski definition) is 1. The van der Waals surface area contributed by atoms with Crippen LogP contribution in [-0.4, -0.2) is 32.8 Å². The fourth-order valence-electron chi connectivity index (χ4n) is 3.91. The van der Waals surface area contributed by atoms with E-state index in [1.807, 2.05) is 60.1 Å². The van der Waals surface area contributed by atoms with Crippen LogP contribution in [-0.2, 0) is 16.9 Å². The van der Waals surface area contributed by atoms with Crippen LogP contribution in [0.2, 0.25) is 0 Å². The number of carbonyl (C=O) groups is 2. The number of para-hydroxylation sites is 1. The van der Waals surface area contributed by atoms with E-state index in [1.54, 1.807) is 0 Å². The van der Waals surface area contributed by atoms with Crippen LogP contribution in [0.5, 0.6) is 5.75 Å². The van der Waals surface area contributed by atoms with E-state index in [0.717, 1.165) is 11.2 Å². The van der Waals surface area contributed by atoms with Gasteiger partial charge in [-0.2, -0.15) is 0 Å². The molecule has 1 atom stereocenters. The van der Waals surface area contributed by atoms with Gasteiger partial charge in [0.15, 0.2) is 5.54 Å². The number of carbonyl (C=O) groups excluding carboxylic acids is 2. The Labute approximate surface area is 155 Å². The number of fused-ring (bicyclic) bond motifs is 3. The zero-order valence-electron chi connectivity index (χ0n) is 14.8. The van der Waals surface area contributed by atoms with E-state index in [-0.39, 0.29) is 12.5 Å². The monoisotopic (exact) mass is 362 g/mol. The summed E-state index contributed by atoms with van der Waals surface area (Å²) in [5.41, 5.74) is 2.22. The third-order valence-corrected chi connectivity index (χ3v) is 5.23. The largest absolute Gasteiger partial charge is 0.493 e. The maximum Gasteiger partial charge on any atom is 0.325 e. The second-order valence-corrected chi connectivity index (χ2v) is 7.03. The zero-order valence-corrected chi connectivity index (χ0v) is 14.8. The number of ether oxygens (including phenoxy) is 1. The van der Waals surface area contributed by atoms with Gasteiger partial charge in [0.05, 0.1) is 18.8 Å². The minimum Gasteiger partial charge on any atom is -0.493 e. The summed E-state index contributed by atoms with van der Waals surface area (Å²) in [7, 11) is 0. The van der Waals surface area contributed by atoms with Crippen molar-refractivity contribution in [3.63, 3.8) is 0 Å². The first-order chi connectivity index (χ1) is 13.1. The van der Waals surface area contributed by atoms with Crippen LogP contribution in [0.4, 0.5) is 4.79 Å². The minimum absolute atomic E-state index is 0.135. The number of amides is 3. The summed E-state index contributed by atoms with van der Waals surface area (Å²) in [6.07, 6.45) is 4.23. The fourth-order valence-corrected chi connectivity index (χ4v) is 3.91. The van der Waals surface area contributed by atoms with Crippen molar-refractivity contribution in [2.24, 2.45) is 0 Å². The molecular weight excluding hydrogens is 344 g/mol. The topological polar surface area (TPSA) is 75.9 Å². The molecule has 1 spiro atoms. The summed E-state index contributed by atoms with van der Waals surface area (Å²) in [4.78, 5) is 31.7. The number of urea groups is 1. The molecule has 0 bridgehead atoms. The average molecular weight is 362 g/mol. The highest BCUT2D eigenvalue weighted by Crippen LogP contribution is 2.41. The van der Waals surface area contributed by atoms with Gasteiger partial charge in [-0.05, 0) is 24.6 Å². The van der Waals surface area contributed by atoms with E-state index in [2.05, 4.69) is 10.3 Å². The van der Waals surface area contributed by atoms with Gasteiger partial charge < -0.3 is 14.5 Å². The van der Waals surface area contributed by atoms with Gasteiger partial charge in [0.1, 0.15) is 11.4 Å². The number of pyridine rings is 1. The van der Waals surface area contributed by atoms with Gasteiger partial charge >= 0.3 is 6.03 Å². The van der Waals surface area contributed by atoms with Crippen molar-refractivity contribution < 1.29 is 14.3 Å². The summed E-state index contributed by atoms with van der Waals surface area (Å²) in [6, 6.07) is 10.9. The van der Waals surface area contributed by atoms with Gasteiger partial charge in [-0.15, -0.1) is 0 Å². The molecule has 4 heterocycles. The van der Waals surface area contributed by atoms with Crippen LogP contribution in [0.3, 0.4) is 0 Å². The first-order valence-corrected chi connectivity index (χ1v) is 8.87. The van der Waals surface area contributed by atoms with E-state index < -0.39 is 11.6 Å². The third-order valence-electron chi connectivity index (χ3n) is 5.23. The van der Waals surface area contributed by atoms with Crippen LogP contribution in [0, 0.1) is 6.92 Å². The highest BCUT2D eigenvalue weighted by atomic mass is 16.5. The molecule has 0 saturated carbocycles. The molecule has 1 N–H and O–H groups in total. The number of imidazole rings is 1. The molecule has 27 heavy (non-hydrogen) atoms. The highest BCUT2D eigenvalue weighted by molar-refractivity contribution is 6.07. The summed E-state index contributed by atoms with van der Waals surface area (Å²) < 4.78 is 7.57. The van der Waals surface area contributed by atoms with Crippen molar-refractivity contribution in [2.75, 3.05) is 6.61 Å². The lowest BCUT2D eigenvalue weighted by Gasteiger charge is -2.33. The molecule has 3 amide bonds. The Morgan fingerprint density at radius 2 is 2.04 bits per heavy atom. The molecule has 0 radical (unpaired) electrons. The normalized spacial score (nSPS) is 21.4. The number of imide groups is 1. The van der Waals surface area contributed by atoms with E-state index in [4.69, 9.17) is 4.74 Å². The molecule has 2 aromatic heterocycles. The number of nitrogens with zero attached hydrogens (tertiary/aromatic N) is 3. The second kappa shape index (κ2) is 5.57. The Morgan fingerprint density at radius 3 is 2.93 bits per heavy atom. The van der Waals surface area contributed by atoms with Crippen LogP contribution in [0.1, 0.15) is 23.2 Å². The van der Waals surface area contributed by atoms with Gasteiger partial charge in [-0.3, -0.25) is 9.69 Å². The predicted molar refractivity (Wildman–Crippen MR) is 97.2 cm³/mol. The molecule has 2 aliphatic rings. The lowest BCUT2D eigenvalue weighted by Crippen LogP contribution is -2.47. The van der Waals surface area contributed by atoms with Crippen LogP contribution >= 0.6 is 0 Å². The van der Waals surface area contributed by atoms with Crippen molar-refractivity contribution >= 4 is 17.6 Å². The van der Waals surface area contributed by atoms with Gasteiger partial charge in [-0.25, -0.2) is 9.78 Å². The molecule has 1 saturated heterocycles. The average Bonchev–Trinajstić information content (AvgIpc) is 3.16. The van der Waals surface area contributed by atoms with Crippen molar-refractivity contribution in [2.45, 2.75) is 25.4 Å². The number of nitrogens with one attached hydrogen (secondary N) is 1. The van der Waals surface area contributed by atoms with Crippen molar-refractivity contribution in [1.29, 1.82) is 0 Å². The van der Waals surface area contributed by atoms with E-state index >= 15 is 0 Å². The second-order valence-electron chi connectivity index (χ2n) is 7.03. The molecule has 2 aliphatic heterocycles. The van der Waals surface area contributed by atoms with Gasteiger partial charge in [0, 0.05) is 24.4 Å². The molecule has 0 aliphatic carbocycles. The molecule has 0 unspecified atom stereocenters. The Bertz CT molecular complexity index is 1090. The van der Waals surface area contributed by atoms with Crippen molar-refractivity contribution in [3.05, 3.63) is 65.6 Å². The first-order valence-electron chi connectivity index (χ1n) is 8.87. The van der Waals surface area contributed by atoms with Gasteiger partial charge in [0.25, 0.3) is 5.91 Å². The van der Waals surface area contributed by atoms with E-state index in [9.17, 15) is 9.59 Å². The molecule has 1 aromatic carbocycles. The Kier molecular flexibility index (Phi) is 3.28. The number of benzene rings is 1. The molecule has 136 valence electrons. The molecule has 7 heteroatoms. The number of hydrogen-bond acceptors (Lipinski definition) is 4. The zero-order chi connectivity index (χ0) is 18.6. The quantitative estimate of drug-likeness (QED) is 0.710. The van der Waals surface area contributed by atoms with Crippen LogP contribution in [0.15, 0.2) is 48.8 Å². The lowest BCUT2D eigenvalue weighted by atomic mass is 9.84. The summed E-state index contributed by atoms with van der Waals surface area (Å²) >= 11 is 0. The summed E-state index contributed by atoms with van der Waals surface area (Å²) in [6.45, 7) is 2.52. The molecule has 7 nitrogen and oxygen atoms in total. The molecular formula is C20H18N4O3. The van der Waals surface area contributed by atoms with E-state index in [1.165, 1.54) is 4.90 Å². The highest BCUT2D eigenvalue weighted by Gasteiger charge is 2.54. The van der Waals surface area contributed by atoms with Crippen LogP contribution < -0.4 is 10.1 Å². The Morgan fingerprint density at radius 1 is 1.19 bits per heavy atom. The van der Waals surface area contributed by atoms with Crippen molar-refractivity contribution in [1.82, 2.24) is 19.6 Å². The van der Waals surface area contributed by atoms with Gasteiger partial charge in [-0.1, -0.05) is 24.3 Å². The van der Waals surface area contributed by atoms with E-state index in [0.29, 0.717) is 30.0 Å².